The van der Waals surface area contributed by atoms with Crippen LogP contribution >= 0.6 is 0 Å². The number of ether oxygens (including phenoxy) is 2. The molecule has 196 valence electrons. The third-order valence-corrected chi connectivity index (χ3v) is 5.38. The van der Waals surface area contributed by atoms with Crippen molar-refractivity contribution in [2.75, 3.05) is 20.3 Å². The van der Waals surface area contributed by atoms with E-state index >= 15 is 0 Å². The summed E-state index contributed by atoms with van der Waals surface area (Å²) < 4.78 is 10.5. The van der Waals surface area contributed by atoms with Gasteiger partial charge in [0.1, 0.15) is 30.5 Å². The van der Waals surface area contributed by atoms with Crippen LogP contribution in [0.15, 0.2) is 36.4 Å². The minimum absolute atomic E-state index is 0.0376. The van der Waals surface area contributed by atoms with Gasteiger partial charge in [-0.2, -0.15) is 0 Å². The first-order chi connectivity index (χ1) is 17.2. The highest BCUT2D eigenvalue weighted by atomic mass is 16.5. The largest absolute Gasteiger partial charge is 0.490 e. The quantitative estimate of drug-likeness (QED) is 0.0798. The predicted molar refractivity (Wildman–Crippen MR) is 131 cm³/mol. The highest BCUT2D eigenvalue weighted by molar-refractivity contribution is 5.93. The molecule has 36 heavy (non-hydrogen) atoms. The Labute approximate surface area is 209 Å². The van der Waals surface area contributed by atoms with Gasteiger partial charge in [0.05, 0.1) is 13.7 Å². The molecule has 2 aliphatic rings. The molecular formula is C24H35N6O6+. The normalized spacial score (nSPS) is 21.7. The summed E-state index contributed by atoms with van der Waals surface area (Å²) in [6.07, 6.45) is 4.46. The highest BCUT2D eigenvalue weighted by Crippen LogP contribution is 2.14. The van der Waals surface area contributed by atoms with Crippen molar-refractivity contribution < 1.29 is 33.6 Å². The number of fused-ring (bicyclic) bond motifs is 13. The van der Waals surface area contributed by atoms with E-state index in [4.69, 9.17) is 20.9 Å². The number of carbonyl (C=O) groups excluding carboxylic acids is 4. The zero-order valence-corrected chi connectivity index (χ0v) is 20.5. The van der Waals surface area contributed by atoms with Gasteiger partial charge < -0.3 is 25.4 Å². The number of hydrogen-bond donors (Lipinski definition) is 6. The number of methoxy groups -OCH3 is 1. The summed E-state index contributed by atoms with van der Waals surface area (Å²) in [5.74, 6) is -1.47. The average Bonchev–Trinajstić information content (AvgIpc) is 2.84. The lowest BCUT2D eigenvalue weighted by molar-refractivity contribution is -0.459. The summed E-state index contributed by atoms with van der Waals surface area (Å²) in [6.45, 7) is 1.93. The number of carbonyl (C=O) groups is 4. The van der Waals surface area contributed by atoms with Gasteiger partial charge in [-0.3, -0.25) is 30.8 Å². The second-order valence-electron chi connectivity index (χ2n) is 8.29. The van der Waals surface area contributed by atoms with Crippen molar-refractivity contribution in [3.63, 3.8) is 0 Å². The SMILES string of the molecule is COC(=O)[C@@H]1C/C=C\COc2ccc(cc2)C[C@@H](NC(C)=O)C(=O)N[C@@H](CCC[NH+]=C(N)N)C(=O)N1. The van der Waals surface area contributed by atoms with Gasteiger partial charge in [-0.25, -0.2) is 4.79 Å². The Balaban J connectivity index is 2.34. The Bertz CT molecular complexity index is 974. The van der Waals surface area contributed by atoms with Crippen molar-refractivity contribution in [3.05, 3.63) is 42.0 Å². The molecule has 0 aliphatic carbocycles. The zero-order chi connectivity index (χ0) is 26.5. The van der Waals surface area contributed by atoms with E-state index in [-0.39, 0.29) is 31.8 Å². The Hall–Kier alpha value is -4.09. The Kier molecular flexibility index (Phi) is 11.2. The molecule has 2 heterocycles. The number of esters is 1. The van der Waals surface area contributed by atoms with Crippen LogP contribution in [-0.2, 0) is 30.3 Å². The number of amides is 3. The molecule has 0 radical (unpaired) electrons. The van der Waals surface area contributed by atoms with Gasteiger partial charge in [0.25, 0.3) is 0 Å². The van der Waals surface area contributed by atoms with E-state index < -0.39 is 41.8 Å². The van der Waals surface area contributed by atoms with E-state index in [9.17, 15) is 19.2 Å². The molecule has 2 aliphatic heterocycles. The summed E-state index contributed by atoms with van der Waals surface area (Å²) in [5.41, 5.74) is 11.6. The molecular weight excluding hydrogens is 468 g/mol. The van der Waals surface area contributed by atoms with Crippen LogP contribution in [0, 0.1) is 0 Å². The Morgan fingerprint density at radius 2 is 1.86 bits per heavy atom. The van der Waals surface area contributed by atoms with Gasteiger partial charge in [0.15, 0.2) is 0 Å². The van der Waals surface area contributed by atoms with Gasteiger partial charge >= 0.3 is 11.9 Å². The lowest BCUT2D eigenvalue weighted by Crippen LogP contribution is -2.78. The van der Waals surface area contributed by atoms with E-state index in [2.05, 4.69) is 20.9 Å². The molecule has 8 N–H and O–H groups in total. The number of hydrogen-bond acceptors (Lipinski definition) is 6. The lowest BCUT2D eigenvalue weighted by Gasteiger charge is -2.24. The fourth-order valence-electron chi connectivity index (χ4n) is 3.57. The smallest absolute Gasteiger partial charge is 0.338 e. The molecule has 0 saturated carbocycles. The predicted octanol–water partition coefficient (Wildman–Crippen LogP) is -2.65. The average molecular weight is 504 g/mol. The van der Waals surface area contributed by atoms with Crippen LogP contribution in [0.2, 0.25) is 0 Å². The molecule has 1 aromatic carbocycles. The number of guanidine groups is 1. The summed E-state index contributed by atoms with van der Waals surface area (Å²) in [6, 6.07) is 4.25. The van der Waals surface area contributed by atoms with E-state index in [1.165, 1.54) is 14.0 Å². The summed E-state index contributed by atoms with van der Waals surface area (Å²) in [7, 11) is 1.23. The second kappa shape index (κ2) is 14.3. The van der Waals surface area contributed by atoms with Crippen molar-refractivity contribution >= 4 is 29.7 Å². The summed E-state index contributed by atoms with van der Waals surface area (Å²) >= 11 is 0. The van der Waals surface area contributed by atoms with Crippen LogP contribution in [0.5, 0.6) is 5.75 Å². The maximum absolute atomic E-state index is 13.2. The van der Waals surface area contributed by atoms with E-state index in [0.29, 0.717) is 18.7 Å². The van der Waals surface area contributed by atoms with Crippen molar-refractivity contribution in [2.24, 2.45) is 11.5 Å². The number of nitrogens with two attached hydrogens (primary N) is 2. The molecule has 0 spiro atoms. The molecule has 3 atom stereocenters. The molecule has 0 saturated heterocycles. The van der Waals surface area contributed by atoms with Crippen LogP contribution < -0.4 is 37.1 Å². The van der Waals surface area contributed by atoms with Crippen LogP contribution in [0.1, 0.15) is 31.7 Å². The maximum Gasteiger partial charge on any atom is 0.338 e. The minimum Gasteiger partial charge on any atom is -0.490 e. The van der Waals surface area contributed by atoms with Crippen molar-refractivity contribution in [1.82, 2.24) is 16.0 Å². The van der Waals surface area contributed by atoms with Crippen LogP contribution in [0.25, 0.3) is 0 Å². The zero-order valence-electron chi connectivity index (χ0n) is 20.5. The van der Waals surface area contributed by atoms with E-state index in [0.717, 1.165) is 5.56 Å². The topological polar surface area (TPSA) is 189 Å². The lowest BCUT2D eigenvalue weighted by atomic mass is 10.0. The van der Waals surface area contributed by atoms with E-state index in [1.54, 1.807) is 36.4 Å². The van der Waals surface area contributed by atoms with Gasteiger partial charge in [-0.15, -0.1) is 0 Å². The van der Waals surface area contributed by atoms with Crippen molar-refractivity contribution in [2.45, 2.75) is 50.7 Å². The number of benzene rings is 1. The standard InChI is InChI=1S/C24H34N6O6/c1-15(31)28-20-14-16-8-10-17(11-9-16)36-13-4-3-6-19(23(34)35-2)30-21(32)18(29-22(20)33)7-5-12-27-24(25)26/h3-4,8-11,18-20H,5-7,12-14H2,1-2H3,(H,28,31)(H,29,33)(H,30,32)(H4,25,26,27)/p+1/b4-3-/t18-,19-,20+/m0/s1. The summed E-state index contributed by atoms with van der Waals surface area (Å²) in [4.78, 5) is 53.2. The molecule has 3 rings (SSSR count). The first-order valence-corrected chi connectivity index (χ1v) is 11.6. The second-order valence-corrected chi connectivity index (χ2v) is 8.29. The maximum atomic E-state index is 13.2. The van der Waals surface area contributed by atoms with Gasteiger partial charge in [0, 0.05) is 13.3 Å². The first kappa shape index (κ1) is 28.1. The Morgan fingerprint density at radius 3 is 2.50 bits per heavy atom. The fraction of sp³-hybridized carbons (Fsp3) is 0.458. The first-order valence-electron chi connectivity index (χ1n) is 11.6. The van der Waals surface area contributed by atoms with Crippen molar-refractivity contribution in [1.29, 1.82) is 0 Å². The monoisotopic (exact) mass is 503 g/mol. The molecule has 12 heteroatoms. The van der Waals surface area contributed by atoms with E-state index in [1.807, 2.05) is 0 Å². The molecule has 0 aromatic heterocycles. The van der Waals surface area contributed by atoms with Crippen LogP contribution in [0.3, 0.4) is 0 Å². The molecule has 2 bridgehead atoms. The number of rotatable bonds is 6. The molecule has 3 amide bonds. The molecule has 0 fully saturated rings. The molecule has 0 unspecified atom stereocenters. The molecule has 12 nitrogen and oxygen atoms in total. The minimum atomic E-state index is -0.993. The highest BCUT2D eigenvalue weighted by Gasteiger charge is 2.29. The van der Waals surface area contributed by atoms with Crippen molar-refractivity contribution in [3.8, 4) is 5.75 Å². The third-order valence-electron chi connectivity index (χ3n) is 5.38. The number of nitrogens with one attached hydrogen (secondary N) is 4. The molecule has 1 aromatic rings. The fourth-order valence-corrected chi connectivity index (χ4v) is 3.57. The summed E-state index contributed by atoms with van der Waals surface area (Å²) in [5, 5.41) is 8.00. The Morgan fingerprint density at radius 1 is 1.14 bits per heavy atom. The van der Waals surface area contributed by atoms with Crippen LogP contribution in [0.4, 0.5) is 0 Å². The van der Waals surface area contributed by atoms with Gasteiger partial charge in [-0.1, -0.05) is 24.3 Å². The van der Waals surface area contributed by atoms with Crippen LogP contribution in [-0.4, -0.2) is 68.0 Å². The third kappa shape index (κ3) is 9.65. The van der Waals surface area contributed by atoms with Gasteiger partial charge in [-0.05, 0) is 37.0 Å². The van der Waals surface area contributed by atoms with Gasteiger partial charge in [0.2, 0.25) is 17.7 Å².